The predicted octanol–water partition coefficient (Wildman–Crippen LogP) is 0.801. The van der Waals surface area contributed by atoms with E-state index in [2.05, 4.69) is 15.3 Å². The highest BCUT2D eigenvalue weighted by Gasteiger charge is 2.07. The first-order valence-electron chi connectivity index (χ1n) is 5.73. The second-order valence-corrected chi connectivity index (χ2v) is 3.98. The number of H-pyrrole nitrogens is 1. The van der Waals surface area contributed by atoms with Crippen LogP contribution >= 0.6 is 0 Å². The van der Waals surface area contributed by atoms with Crippen LogP contribution in [0.25, 0.3) is 5.65 Å². The minimum atomic E-state index is -0.437. The summed E-state index contributed by atoms with van der Waals surface area (Å²) in [5.41, 5.74) is 6.23. The second kappa shape index (κ2) is 4.57. The van der Waals surface area contributed by atoms with Crippen LogP contribution in [0.3, 0.4) is 0 Å². The smallest absolute Gasteiger partial charge is 0.364 e. The van der Waals surface area contributed by atoms with E-state index in [1.54, 1.807) is 37.4 Å². The average Bonchev–Trinajstić information content (AvgIpc) is 2.82. The van der Waals surface area contributed by atoms with Crippen LogP contribution in [0, 0.1) is 0 Å². The van der Waals surface area contributed by atoms with Gasteiger partial charge in [-0.05, 0) is 18.2 Å². The number of benzene rings is 1. The third-order valence-electron chi connectivity index (χ3n) is 2.68. The van der Waals surface area contributed by atoms with E-state index in [9.17, 15) is 4.79 Å². The maximum atomic E-state index is 11.4. The molecule has 2 aromatic heterocycles. The fraction of sp³-hybridized carbons (Fsp3) is 0.0833. The number of aromatic amines is 1. The fourth-order valence-electron chi connectivity index (χ4n) is 1.70. The number of nitrogens with one attached hydrogen (secondary N) is 1. The lowest BCUT2D eigenvalue weighted by molar-refractivity contribution is 0.412. The number of nitrogens with two attached hydrogens (primary N) is 1. The van der Waals surface area contributed by atoms with Crippen molar-refractivity contribution in [2.45, 2.75) is 0 Å². The molecular weight excluding hydrogens is 262 g/mol. The number of fused-ring (bicyclic) bond motifs is 1. The van der Waals surface area contributed by atoms with E-state index in [4.69, 9.17) is 15.2 Å². The summed E-state index contributed by atoms with van der Waals surface area (Å²) in [5, 5.41) is 10.1. The van der Waals surface area contributed by atoms with Gasteiger partial charge in [0.05, 0.1) is 12.8 Å². The van der Waals surface area contributed by atoms with Gasteiger partial charge in [0, 0.05) is 12.1 Å². The number of ether oxygens (including phenoxy) is 2. The molecule has 0 fully saturated rings. The van der Waals surface area contributed by atoms with Crippen molar-refractivity contribution in [2.75, 3.05) is 12.8 Å². The van der Waals surface area contributed by atoms with Crippen molar-refractivity contribution in [3.05, 3.63) is 40.8 Å². The molecule has 3 N–H and O–H groups in total. The molecular formula is C12H11N5O3. The third kappa shape index (κ3) is 2.03. The highest BCUT2D eigenvalue weighted by Crippen LogP contribution is 2.29. The van der Waals surface area contributed by atoms with Crippen molar-refractivity contribution in [1.82, 2.24) is 19.8 Å². The Balaban J connectivity index is 1.96. The van der Waals surface area contributed by atoms with Crippen molar-refractivity contribution < 1.29 is 9.47 Å². The minimum absolute atomic E-state index is 0.234. The van der Waals surface area contributed by atoms with Crippen LogP contribution in [0.1, 0.15) is 0 Å². The Morgan fingerprint density at radius 2 is 2.15 bits per heavy atom. The standard InChI is InChI=1S/C12H11N5O3/c1-19-7-2-3-9(8(13)6-7)20-11-5-4-10-14-15-12(18)17(10)16-11/h2-6H,13H2,1H3,(H,15,18). The largest absolute Gasteiger partial charge is 0.497 e. The second-order valence-electron chi connectivity index (χ2n) is 3.98. The van der Waals surface area contributed by atoms with E-state index in [0.717, 1.165) is 4.52 Å². The number of hydrogen-bond acceptors (Lipinski definition) is 6. The number of nitrogens with zero attached hydrogens (tertiary/aromatic N) is 3. The van der Waals surface area contributed by atoms with Crippen molar-refractivity contribution >= 4 is 11.3 Å². The molecule has 3 aromatic rings. The first kappa shape index (κ1) is 12.0. The molecule has 0 bridgehead atoms. The molecule has 0 saturated heterocycles. The lowest BCUT2D eigenvalue weighted by Crippen LogP contribution is -2.12. The first-order chi connectivity index (χ1) is 9.67. The average molecular weight is 273 g/mol. The summed E-state index contributed by atoms with van der Waals surface area (Å²) in [6, 6.07) is 8.23. The highest BCUT2D eigenvalue weighted by molar-refractivity contribution is 5.57. The Bertz CT molecular complexity index is 823. The maximum Gasteiger partial charge on any atom is 0.364 e. The molecule has 0 amide bonds. The van der Waals surface area contributed by atoms with E-state index in [0.29, 0.717) is 22.8 Å². The Morgan fingerprint density at radius 1 is 1.30 bits per heavy atom. The predicted molar refractivity (Wildman–Crippen MR) is 71.1 cm³/mol. The topological polar surface area (TPSA) is 108 Å². The Hall–Kier alpha value is -3.03. The Labute approximate surface area is 112 Å². The monoisotopic (exact) mass is 273 g/mol. The fourth-order valence-corrected chi connectivity index (χ4v) is 1.70. The van der Waals surface area contributed by atoms with Crippen LogP contribution in [-0.2, 0) is 0 Å². The summed E-state index contributed by atoms with van der Waals surface area (Å²) < 4.78 is 11.7. The molecule has 0 radical (unpaired) electrons. The van der Waals surface area contributed by atoms with Gasteiger partial charge in [0.2, 0.25) is 5.88 Å². The van der Waals surface area contributed by atoms with E-state index < -0.39 is 5.69 Å². The maximum absolute atomic E-state index is 11.4. The van der Waals surface area contributed by atoms with Crippen LogP contribution in [-0.4, -0.2) is 26.9 Å². The number of rotatable bonds is 3. The molecule has 0 aliphatic heterocycles. The summed E-state index contributed by atoms with van der Waals surface area (Å²) in [6.07, 6.45) is 0. The molecule has 0 atom stereocenters. The number of anilines is 1. The molecule has 3 rings (SSSR count). The lowest BCUT2D eigenvalue weighted by Gasteiger charge is -2.08. The van der Waals surface area contributed by atoms with Gasteiger partial charge >= 0.3 is 5.69 Å². The zero-order chi connectivity index (χ0) is 14.1. The molecule has 8 nitrogen and oxygen atoms in total. The summed E-state index contributed by atoms with van der Waals surface area (Å²) >= 11 is 0. The van der Waals surface area contributed by atoms with Crippen LogP contribution in [0.15, 0.2) is 35.1 Å². The van der Waals surface area contributed by atoms with Crippen molar-refractivity contribution in [1.29, 1.82) is 0 Å². The van der Waals surface area contributed by atoms with Crippen molar-refractivity contribution in [3.63, 3.8) is 0 Å². The quantitative estimate of drug-likeness (QED) is 0.683. The number of aromatic nitrogens is 4. The molecule has 102 valence electrons. The van der Waals surface area contributed by atoms with Gasteiger partial charge in [-0.25, -0.2) is 9.89 Å². The van der Waals surface area contributed by atoms with Crippen LogP contribution in [0.2, 0.25) is 0 Å². The van der Waals surface area contributed by atoms with E-state index in [1.807, 2.05) is 0 Å². The molecule has 2 heterocycles. The van der Waals surface area contributed by atoms with Gasteiger partial charge < -0.3 is 15.2 Å². The number of methoxy groups -OCH3 is 1. The lowest BCUT2D eigenvalue weighted by atomic mass is 10.3. The van der Waals surface area contributed by atoms with Gasteiger partial charge in [0.25, 0.3) is 0 Å². The zero-order valence-corrected chi connectivity index (χ0v) is 10.5. The molecule has 1 aromatic carbocycles. The minimum Gasteiger partial charge on any atom is -0.497 e. The van der Waals surface area contributed by atoms with Gasteiger partial charge in [0.15, 0.2) is 11.4 Å². The highest BCUT2D eigenvalue weighted by atomic mass is 16.5. The summed E-state index contributed by atoms with van der Waals surface area (Å²) in [4.78, 5) is 11.4. The van der Waals surface area contributed by atoms with Gasteiger partial charge in [-0.15, -0.1) is 5.10 Å². The van der Waals surface area contributed by atoms with Crippen LogP contribution in [0.5, 0.6) is 17.4 Å². The molecule has 0 saturated carbocycles. The summed E-state index contributed by atoms with van der Waals surface area (Å²) in [6.45, 7) is 0. The zero-order valence-electron chi connectivity index (χ0n) is 10.5. The Morgan fingerprint density at radius 3 is 2.90 bits per heavy atom. The normalized spacial score (nSPS) is 10.7. The van der Waals surface area contributed by atoms with Crippen LogP contribution < -0.4 is 20.9 Å². The molecule has 0 aliphatic carbocycles. The van der Waals surface area contributed by atoms with Crippen LogP contribution in [0.4, 0.5) is 5.69 Å². The molecule has 0 aliphatic rings. The van der Waals surface area contributed by atoms with Gasteiger partial charge in [-0.2, -0.15) is 9.61 Å². The first-order valence-corrected chi connectivity index (χ1v) is 5.73. The van der Waals surface area contributed by atoms with Gasteiger partial charge in [-0.1, -0.05) is 0 Å². The van der Waals surface area contributed by atoms with E-state index in [1.165, 1.54) is 0 Å². The summed E-state index contributed by atoms with van der Waals surface area (Å²) in [7, 11) is 1.55. The molecule has 0 spiro atoms. The molecule has 8 heteroatoms. The van der Waals surface area contributed by atoms with Gasteiger partial charge in [-0.3, -0.25) is 0 Å². The van der Waals surface area contributed by atoms with E-state index >= 15 is 0 Å². The van der Waals surface area contributed by atoms with E-state index in [-0.39, 0.29) is 5.88 Å². The molecule has 20 heavy (non-hydrogen) atoms. The number of nitrogen functional groups attached to an aromatic ring is 1. The molecule has 0 unspecified atom stereocenters. The van der Waals surface area contributed by atoms with Crippen molar-refractivity contribution in [2.24, 2.45) is 0 Å². The summed E-state index contributed by atoms with van der Waals surface area (Å²) in [5.74, 6) is 1.29. The van der Waals surface area contributed by atoms with Gasteiger partial charge in [0.1, 0.15) is 5.75 Å². The van der Waals surface area contributed by atoms with Crippen molar-refractivity contribution in [3.8, 4) is 17.4 Å². The SMILES string of the molecule is COc1ccc(Oc2ccc3n[nH]c(=O)n3n2)c(N)c1. The Kier molecular flexibility index (Phi) is 2.75. The number of hydrogen-bond donors (Lipinski definition) is 2. The third-order valence-corrected chi connectivity index (χ3v) is 2.68.